The normalized spacial score (nSPS) is 19.8. The minimum atomic E-state index is 0.293. The van der Waals surface area contributed by atoms with Gasteiger partial charge >= 0.3 is 0 Å². The van der Waals surface area contributed by atoms with E-state index in [0.717, 1.165) is 43.1 Å². The van der Waals surface area contributed by atoms with Crippen molar-refractivity contribution in [2.24, 2.45) is 4.99 Å². The fourth-order valence-electron chi connectivity index (χ4n) is 2.12. The number of allylic oxidation sites excluding steroid dienone is 2. The van der Waals surface area contributed by atoms with Crippen molar-refractivity contribution in [2.45, 2.75) is 39.7 Å². The Bertz CT molecular complexity index is 505. The van der Waals surface area contributed by atoms with Gasteiger partial charge < -0.3 is 10.1 Å². The smallest absolute Gasteiger partial charge is 0.251 e. The Morgan fingerprint density at radius 1 is 1.60 bits per heavy atom. The van der Waals surface area contributed by atoms with Gasteiger partial charge in [-0.15, -0.1) is 0 Å². The number of aromatic nitrogens is 2. The van der Waals surface area contributed by atoms with E-state index in [1.54, 1.807) is 6.20 Å². The van der Waals surface area contributed by atoms with Crippen LogP contribution in [0, 0.1) is 6.92 Å². The second-order valence-corrected chi connectivity index (χ2v) is 4.97. The molecule has 1 aliphatic heterocycles. The number of hydrogen-bond acceptors (Lipinski definition) is 5. The molecule has 0 spiro atoms. The van der Waals surface area contributed by atoms with Crippen molar-refractivity contribution in [2.75, 3.05) is 18.5 Å². The highest BCUT2D eigenvalue weighted by Crippen LogP contribution is 2.17. The summed E-state index contributed by atoms with van der Waals surface area (Å²) in [5, 5.41) is 3.34. The highest BCUT2D eigenvalue weighted by molar-refractivity contribution is 5.94. The van der Waals surface area contributed by atoms with Crippen molar-refractivity contribution in [3.8, 4) is 0 Å². The third-order valence-corrected chi connectivity index (χ3v) is 3.16. The molecule has 1 fully saturated rings. The van der Waals surface area contributed by atoms with Crippen LogP contribution in [0.1, 0.15) is 32.3 Å². The fourth-order valence-corrected chi connectivity index (χ4v) is 2.12. The minimum absolute atomic E-state index is 0.293. The van der Waals surface area contributed by atoms with Crippen molar-refractivity contribution in [1.82, 2.24) is 9.97 Å². The summed E-state index contributed by atoms with van der Waals surface area (Å²) < 4.78 is 5.60. The second kappa shape index (κ2) is 7.14. The zero-order valence-electron chi connectivity index (χ0n) is 12.4. The zero-order chi connectivity index (χ0) is 14.4. The SMILES string of the molecule is C/C=C\C(C)=Nc1ncc(C)c(NCC2CCCO2)n1. The van der Waals surface area contributed by atoms with E-state index in [1.807, 2.05) is 32.9 Å². The molecule has 1 N–H and O–H groups in total. The summed E-state index contributed by atoms with van der Waals surface area (Å²) in [6, 6.07) is 0. The van der Waals surface area contributed by atoms with Crippen molar-refractivity contribution in [3.05, 3.63) is 23.9 Å². The Kier molecular flexibility index (Phi) is 5.24. The molecule has 5 heteroatoms. The average molecular weight is 274 g/mol. The van der Waals surface area contributed by atoms with Gasteiger partial charge in [0.25, 0.3) is 5.95 Å². The predicted octanol–water partition coefficient (Wildman–Crippen LogP) is 3.04. The number of aryl methyl sites for hydroxylation is 1. The van der Waals surface area contributed by atoms with Crippen LogP contribution in [0.15, 0.2) is 23.3 Å². The molecule has 20 heavy (non-hydrogen) atoms. The Labute approximate surface area is 120 Å². The maximum atomic E-state index is 5.60. The molecule has 0 saturated carbocycles. The van der Waals surface area contributed by atoms with E-state index in [2.05, 4.69) is 20.3 Å². The first-order valence-electron chi connectivity index (χ1n) is 7.06. The number of anilines is 1. The molecule has 2 rings (SSSR count). The van der Waals surface area contributed by atoms with Crippen LogP contribution >= 0.6 is 0 Å². The van der Waals surface area contributed by atoms with Gasteiger partial charge in [0.05, 0.1) is 6.10 Å². The third kappa shape index (κ3) is 4.13. The fraction of sp³-hybridized carbons (Fsp3) is 0.533. The third-order valence-electron chi connectivity index (χ3n) is 3.16. The molecule has 1 unspecified atom stereocenters. The summed E-state index contributed by atoms with van der Waals surface area (Å²) in [7, 11) is 0. The van der Waals surface area contributed by atoms with Gasteiger partial charge in [-0.1, -0.05) is 6.08 Å². The van der Waals surface area contributed by atoms with Crippen LogP contribution in [-0.2, 0) is 4.74 Å². The molecular formula is C15H22N4O. The molecule has 0 amide bonds. The number of aliphatic imine (C=N–C) groups is 1. The molecule has 0 bridgehead atoms. The first-order chi connectivity index (χ1) is 9.69. The summed E-state index contributed by atoms with van der Waals surface area (Å²) in [5.41, 5.74) is 1.91. The van der Waals surface area contributed by atoms with Crippen molar-refractivity contribution < 1.29 is 4.74 Å². The molecule has 1 aromatic heterocycles. The Morgan fingerprint density at radius 2 is 2.45 bits per heavy atom. The average Bonchev–Trinajstić information content (AvgIpc) is 2.93. The monoisotopic (exact) mass is 274 g/mol. The van der Waals surface area contributed by atoms with E-state index in [-0.39, 0.29) is 0 Å². The molecule has 2 heterocycles. The summed E-state index contributed by atoms with van der Waals surface area (Å²) in [5.74, 6) is 1.32. The molecule has 108 valence electrons. The van der Waals surface area contributed by atoms with Crippen LogP contribution in [0.25, 0.3) is 0 Å². The van der Waals surface area contributed by atoms with Gasteiger partial charge in [-0.25, -0.2) is 9.98 Å². The van der Waals surface area contributed by atoms with E-state index in [4.69, 9.17) is 4.74 Å². The first-order valence-corrected chi connectivity index (χ1v) is 7.06. The number of nitrogens with one attached hydrogen (secondary N) is 1. The lowest BCUT2D eigenvalue weighted by Crippen LogP contribution is -2.19. The van der Waals surface area contributed by atoms with E-state index in [9.17, 15) is 0 Å². The quantitative estimate of drug-likeness (QED) is 0.838. The predicted molar refractivity (Wildman–Crippen MR) is 81.8 cm³/mol. The van der Waals surface area contributed by atoms with E-state index in [0.29, 0.717) is 12.1 Å². The topological polar surface area (TPSA) is 59.4 Å². The standard InChI is InChI=1S/C15H22N4O/c1-4-6-12(3)18-15-17-9-11(2)14(19-15)16-10-13-7-5-8-20-13/h4,6,9,13H,5,7-8,10H2,1-3H3,(H,16,17,19)/b6-4-,18-12?. The number of nitrogens with zero attached hydrogens (tertiary/aromatic N) is 3. The molecule has 0 aliphatic carbocycles. The van der Waals surface area contributed by atoms with Crippen LogP contribution in [0.3, 0.4) is 0 Å². The second-order valence-electron chi connectivity index (χ2n) is 4.97. The lowest BCUT2D eigenvalue weighted by atomic mass is 10.2. The maximum Gasteiger partial charge on any atom is 0.251 e. The van der Waals surface area contributed by atoms with Crippen LogP contribution in [-0.4, -0.2) is 34.9 Å². The van der Waals surface area contributed by atoms with Gasteiger partial charge in [0.1, 0.15) is 5.82 Å². The molecule has 1 saturated heterocycles. The van der Waals surface area contributed by atoms with Crippen molar-refractivity contribution >= 4 is 17.5 Å². The Morgan fingerprint density at radius 3 is 3.15 bits per heavy atom. The van der Waals surface area contributed by atoms with Crippen molar-refractivity contribution in [1.29, 1.82) is 0 Å². The molecular weight excluding hydrogens is 252 g/mol. The van der Waals surface area contributed by atoms with Gasteiger partial charge in [0.15, 0.2) is 0 Å². The summed E-state index contributed by atoms with van der Waals surface area (Å²) in [6.45, 7) is 7.54. The highest BCUT2D eigenvalue weighted by Gasteiger charge is 2.15. The Hall–Kier alpha value is -1.75. The lowest BCUT2D eigenvalue weighted by Gasteiger charge is -2.12. The van der Waals surface area contributed by atoms with Crippen LogP contribution in [0.5, 0.6) is 0 Å². The molecule has 0 aromatic carbocycles. The van der Waals surface area contributed by atoms with Crippen LogP contribution in [0.4, 0.5) is 11.8 Å². The van der Waals surface area contributed by atoms with E-state index in [1.165, 1.54) is 0 Å². The summed E-state index contributed by atoms with van der Waals surface area (Å²) >= 11 is 0. The maximum absolute atomic E-state index is 5.60. The van der Waals surface area contributed by atoms with Gasteiger partial charge in [0, 0.05) is 30.6 Å². The highest BCUT2D eigenvalue weighted by atomic mass is 16.5. The van der Waals surface area contributed by atoms with Gasteiger partial charge in [0.2, 0.25) is 0 Å². The number of rotatable bonds is 5. The Balaban J connectivity index is 2.05. The molecule has 5 nitrogen and oxygen atoms in total. The van der Waals surface area contributed by atoms with Gasteiger partial charge in [-0.3, -0.25) is 0 Å². The molecule has 1 aromatic rings. The summed E-state index contributed by atoms with van der Waals surface area (Å²) in [4.78, 5) is 13.1. The molecule has 1 atom stereocenters. The number of hydrogen-bond donors (Lipinski definition) is 1. The molecule has 0 radical (unpaired) electrons. The van der Waals surface area contributed by atoms with Gasteiger partial charge in [-0.2, -0.15) is 4.98 Å². The van der Waals surface area contributed by atoms with E-state index >= 15 is 0 Å². The van der Waals surface area contributed by atoms with Crippen LogP contribution in [0.2, 0.25) is 0 Å². The van der Waals surface area contributed by atoms with E-state index < -0.39 is 0 Å². The van der Waals surface area contributed by atoms with Gasteiger partial charge in [-0.05, 0) is 39.7 Å². The number of ether oxygens (including phenoxy) is 1. The largest absolute Gasteiger partial charge is 0.376 e. The first kappa shape index (κ1) is 14.7. The summed E-state index contributed by atoms with van der Waals surface area (Å²) in [6.07, 6.45) is 8.23. The minimum Gasteiger partial charge on any atom is -0.376 e. The lowest BCUT2D eigenvalue weighted by molar-refractivity contribution is 0.120. The van der Waals surface area contributed by atoms with Crippen LogP contribution < -0.4 is 5.32 Å². The zero-order valence-corrected chi connectivity index (χ0v) is 12.4. The molecule has 1 aliphatic rings. The van der Waals surface area contributed by atoms with Crippen molar-refractivity contribution in [3.63, 3.8) is 0 Å².